The van der Waals surface area contributed by atoms with Crippen molar-refractivity contribution < 1.29 is 51.5 Å². The van der Waals surface area contributed by atoms with E-state index in [-0.39, 0.29) is 11.8 Å². The van der Waals surface area contributed by atoms with E-state index in [4.69, 9.17) is 49.9 Å². The van der Waals surface area contributed by atoms with Gasteiger partial charge in [0.1, 0.15) is 0 Å². The smallest absolute Gasteiger partial charge is 0.258 e. The summed E-state index contributed by atoms with van der Waals surface area (Å²) in [5, 5.41) is 16.2. The minimum Gasteiger partial charge on any atom is -0.493 e. The number of quaternary nitrogens is 1. The van der Waals surface area contributed by atoms with E-state index in [1.807, 2.05) is 140 Å². The SMILES string of the molecule is CC[N+](C)(CC)CCC[n+]1c(-c2ccccc2)c2cc(N)ccc2c2ccc(N)cc21.COc1cc2cc3c4cc(OC)c(OC)cc4cc[n+]3c(C)c2cc1OC.COc1ccc2ccccc2c1OC.O=C1NC(=O)c2cccc3cccc1c23.c1ccc2nc3c4cccnc4c4ncccc4c3nc2c1. The van der Waals surface area contributed by atoms with E-state index in [1.54, 1.807) is 67.2 Å². The summed E-state index contributed by atoms with van der Waals surface area (Å²) in [4.78, 5) is 41.8. The monoisotopic (exact) mass is 1450 g/mol. The van der Waals surface area contributed by atoms with Crippen molar-refractivity contribution in [3.8, 4) is 45.8 Å². The van der Waals surface area contributed by atoms with Crippen molar-refractivity contribution in [2.75, 3.05) is 80.8 Å². The van der Waals surface area contributed by atoms with Gasteiger partial charge in [-0.1, -0.05) is 91.0 Å². The van der Waals surface area contributed by atoms with Gasteiger partial charge < -0.3 is 44.4 Å². The topological polar surface area (TPSA) is 213 Å². The molecule has 1 aliphatic rings. The van der Waals surface area contributed by atoms with Crippen molar-refractivity contribution in [2.45, 2.75) is 33.7 Å². The Hall–Kier alpha value is -13.3. The molecule has 0 atom stereocenters. The molecule has 0 saturated carbocycles. The van der Waals surface area contributed by atoms with E-state index in [1.165, 1.54) is 32.9 Å². The summed E-state index contributed by atoms with van der Waals surface area (Å²) < 4.78 is 38.2. The Bertz CT molecular complexity index is 6230. The average Bonchev–Trinajstić information content (AvgIpc) is 0.752. The van der Waals surface area contributed by atoms with Crippen LogP contribution in [0.4, 0.5) is 11.4 Å². The summed E-state index contributed by atoms with van der Waals surface area (Å²) >= 11 is 0. The summed E-state index contributed by atoms with van der Waals surface area (Å²) in [5.74, 6) is 3.81. The molecule has 0 unspecified atom stereocenters. The van der Waals surface area contributed by atoms with Crippen molar-refractivity contribution in [1.82, 2.24) is 25.3 Å². The van der Waals surface area contributed by atoms with Crippen molar-refractivity contribution in [3.63, 3.8) is 0 Å². The lowest BCUT2D eigenvalue weighted by Gasteiger charge is -2.31. The summed E-state index contributed by atoms with van der Waals surface area (Å²) in [6.07, 6.45) is 6.75. The first-order chi connectivity index (χ1) is 53.1. The molecule has 5 N–H and O–H groups in total. The molecule has 0 radical (unpaired) electrons. The number of pyridine rings is 5. The Kier molecular flexibility index (Phi) is 20.9. The van der Waals surface area contributed by atoms with Gasteiger partial charge in [-0.05, 0) is 151 Å². The zero-order valence-electron chi connectivity index (χ0n) is 62.7. The van der Waals surface area contributed by atoms with Crippen LogP contribution in [0.2, 0.25) is 0 Å². The van der Waals surface area contributed by atoms with Crippen molar-refractivity contribution in [2.24, 2.45) is 0 Å². The van der Waals surface area contributed by atoms with Crippen LogP contribution in [0.5, 0.6) is 34.5 Å². The van der Waals surface area contributed by atoms with E-state index in [2.05, 4.69) is 131 Å². The zero-order chi connectivity index (χ0) is 76.0. The molecule has 18 nitrogen and oxygen atoms in total. The molecule has 2 amide bonds. The van der Waals surface area contributed by atoms with Gasteiger partial charge >= 0.3 is 0 Å². The third kappa shape index (κ3) is 14.2. The number of carbonyl (C=O) groups is 2. The zero-order valence-corrected chi connectivity index (χ0v) is 62.7. The summed E-state index contributed by atoms with van der Waals surface area (Å²) in [5.41, 5.74) is 26.3. The fraction of sp³-hybridized carbons (Fsp3) is 0.165. The predicted octanol–water partition coefficient (Wildman–Crippen LogP) is 17.5. The number of ether oxygens (including phenoxy) is 6. The number of carbonyl (C=O) groups excluding carboxylic acids is 2. The van der Waals surface area contributed by atoms with Gasteiger partial charge in [0.25, 0.3) is 11.8 Å². The van der Waals surface area contributed by atoms with Crippen LogP contribution in [0.1, 0.15) is 46.7 Å². The first-order valence-corrected chi connectivity index (χ1v) is 36.2. The number of anilines is 2. The van der Waals surface area contributed by atoms with E-state index in [9.17, 15) is 9.59 Å². The van der Waals surface area contributed by atoms with Crippen LogP contribution in [0, 0.1) is 6.92 Å². The highest BCUT2D eigenvalue weighted by atomic mass is 16.5. The molecule has 17 aromatic rings. The molecule has 6 aromatic heterocycles. The van der Waals surface area contributed by atoms with Crippen LogP contribution in [0.15, 0.2) is 243 Å². The number of amides is 2. The molecular weight excluding hydrogens is 1360 g/mol. The van der Waals surface area contributed by atoms with Crippen LogP contribution in [0.3, 0.4) is 0 Å². The number of methoxy groups -OCH3 is 6. The normalized spacial score (nSPS) is 11.8. The molecule has 0 bridgehead atoms. The maximum Gasteiger partial charge on any atom is 0.258 e. The molecule has 7 heterocycles. The third-order valence-electron chi connectivity index (χ3n) is 20.7. The van der Waals surface area contributed by atoms with Crippen molar-refractivity contribution in [1.29, 1.82) is 0 Å². The Balaban J connectivity index is 0.000000117. The minimum atomic E-state index is -0.315. The number of hydrogen-bond acceptors (Lipinski definition) is 14. The van der Waals surface area contributed by atoms with E-state index in [0.717, 1.165) is 170 Å². The van der Waals surface area contributed by atoms with Gasteiger partial charge in [0.2, 0.25) is 16.7 Å². The molecule has 0 aliphatic carbocycles. The predicted molar refractivity (Wildman–Crippen MR) is 439 cm³/mol. The molecule has 11 aromatic carbocycles. The molecule has 544 valence electrons. The number of benzene rings is 11. The first-order valence-electron chi connectivity index (χ1n) is 36.2. The fourth-order valence-electron chi connectivity index (χ4n) is 14.7. The Labute approximate surface area is 630 Å². The molecule has 1 aliphatic heterocycles. The van der Waals surface area contributed by atoms with Crippen LogP contribution in [-0.4, -0.2) is 106 Å². The van der Waals surface area contributed by atoms with Crippen LogP contribution >= 0.6 is 0 Å². The van der Waals surface area contributed by atoms with E-state index in [0.29, 0.717) is 22.6 Å². The van der Waals surface area contributed by atoms with Gasteiger partial charge in [0.05, 0.1) is 130 Å². The van der Waals surface area contributed by atoms with Gasteiger partial charge in [0, 0.05) is 92.5 Å². The number of nitrogens with zero attached hydrogens (tertiary/aromatic N) is 7. The molecule has 0 fully saturated rings. The largest absolute Gasteiger partial charge is 0.493 e. The molecular formula is C91H85N10O8+3. The second kappa shape index (κ2) is 31.4. The Morgan fingerprint density at radius 1 is 0.431 bits per heavy atom. The highest BCUT2D eigenvalue weighted by Gasteiger charge is 2.28. The molecule has 0 saturated heterocycles. The number of nitrogens with two attached hydrogens (primary N) is 2. The number of nitrogens with one attached hydrogen (secondary N) is 1. The van der Waals surface area contributed by atoms with Gasteiger partial charge in [-0.15, -0.1) is 0 Å². The highest BCUT2D eigenvalue weighted by Crippen LogP contribution is 2.40. The average molecular weight is 1450 g/mol. The number of rotatable bonds is 13. The lowest BCUT2D eigenvalue weighted by molar-refractivity contribution is -0.908. The van der Waals surface area contributed by atoms with E-state index < -0.39 is 0 Å². The highest BCUT2D eigenvalue weighted by molar-refractivity contribution is 6.26. The standard InChI is InChI=1S/C27H33N4.C22H22NO4.C18H10N4.C12H7NO2.C12H12O2/c1-4-31(3,5-2)17-9-16-30-26-19-22(29)13-15-24(26)23-14-12-21(28)18-25(23)27(30)20-10-7-6-8-11-20;1-13-16-11-21(26-4)20(25-3)10-15(16)8-18-17-12-22(27-5)19(24-2)9-14(17)6-7-23(13)18;1-2-8-14-13(7-1)21-17-11-5-3-9-19-15(11)16-12(18(17)22-14)6-4-10-20-16;14-11-8-5-1-3-7-4-2-6-9(10(7)8)12(15)13-11;1-13-11-8-7-9-5-3-4-6-10(9)12(11)14-2/h6-8,10-15,18-19,29H,4-5,9,16-17,28H2,1-3H3;6-12H,1-5H3;1-10H;1-6H,(H,13,14,15);3-8H,1-2H3/q2*+1;;;/p+1. The quantitative estimate of drug-likeness (QED) is 0.0245. The Morgan fingerprint density at radius 3 is 1.58 bits per heavy atom. The third-order valence-corrected chi connectivity index (χ3v) is 20.7. The fourth-order valence-corrected chi connectivity index (χ4v) is 14.7. The maximum absolute atomic E-state index is 11.6. The molecule has 18 rings (SSSR count). The number of para-hydroxylation sites is 2. The number of aryl methyl sites for hydroxylation is 2. The van der Waals surface area contributed by atoms with Crippen LogP contribution < -0.4 is 54.2 Å². The summed E-state index contributed by atoms with van der Waals surface area (Å²) in [6, 6.07) is 74.2. The molecule has 18 heteroatoms. The second-order valence-corrected chi connectivity index (χ2v) is 26.9. The number of aromatic nitrogens is 6. The first kappa shape index (κ1) is 72.6. The van der Waals surface area contributed by atoms with Crippen molar-refractivity contribution in [3.05, 3.63) is 260 Å². The van der Waals surface area contributed by atoms with Gasteiger partial charge in [-0.3, -0.25) is 24.9 Å². The molecule has 109 heavy (non-hydrogen) atoms. The summed E-state index contributed by atoms with van der Waals surface area (Å²) in [7, 11) is 12.3. The van der Waals surface area contributed by atoms with Crippen LogP contribution in [0.25, 0.3) is 125 Å². The number of hydrogen-bond donors (Lipinski definition) is 3. The number of fused-ring (bicyclic) bond motifs is 15. The van der Waals surface area contributed by atoms with Crippen LogP contribution in [-0.2, 0) is 6.54 Å². The lowest BCUT2D eigenvalue weighted by Crippen LogP contribution is -2.46. The number of imide groups is 1. The minimum absolute atomic E-state index is 0.315. The summed E-state index contributed by atoms with van der Waals surface area (Å²) in [6.45, 7) is 11.0. The second-order valence-electron chi connectivity index (χ2n) is 26.9. The van der Waals surface area contributed by atoms with Gasteiger partial charge in [-0.25, -0.2) is 9.97 Å². The van der Waals surface area contributed by atoms with Gasteiger partial charge in [0.15, 0.2) is 52.9 Å². The van der Waals surface area contributed by atoms with Crippen molar-refractivity contribution >= 4 is 137 Å². The van der Waals surface area contributed by atoms with Gasteiger partial charge in [-0.2, -0.15) is 8.97 Å². The lowest BCUT2D eigenvalue weighted by atomic mass is 9.95. The van der Waals surface area contributed by atoms with E-state index >= 15 is 0 Å². The molecule has 0 spiro atoms. The maximum atomic E-state index is 11.6. The number of nitrogen functional groups attached to an aromatic ring is 2. The Morgan fingerprint density at radius 2 is 0.972 bits per heavy atom.